The van der Waals surface area contributed by atoms with Crippen molar-refractivity contribution in [2.45, 2.75) is 38.8 Å². The molecular weight excluding hydrogens is 253 g/mol. The summed E-state index contributed by atoms with van der Waals surface area (Å²) in [5, 5.41) is 3.43. The van der Waals surface area contributed by atoms with Gasteiger partial charge in [-0.3, -0.25) is 4.90 Å². The zero-order valence-corrected chi connectivity index (χ0v) is 11.5. The second-order valence-electron chi connectivity index (χ2n) is 5.85. The van der Waals surface area contributed by atoms with E-state index in [9.17, 15) is 13.2 Å². The number of halogens is 3. The van der Waals surface area contributed by atoms with Crippen LogP contribution in [0.4, 0.5) is 13.2 Å². The lowest BCUT2D eigenvalue weighted by molar-refractivity contribution is -0.0963. The predicted molar refractivity (Wildman–Crippen MR) is 70.0 cm³/mol. The Morgan fingerprint density at radius 3 is 2.68 bits per heavy atom. The summed E-state index contributed by atoms with van der Waals surface area (Å²) in [6, 6.07) is 0. The second kappa shape index (κ2) is 5.83. The van der Waals surface area contributed by atoms with Crippen molar-refractivity contribution in [3.8, 4) is 0 Å². The molecule has 2 aliphatic heterocycles. The van der Waals surface area contributed by atoms with Crippen LogP contribution in [0.1, 0.15) is 32.6 Å². The van der Waals surface area contributed by atoms with Gasteiger partial charge in [0.05, 0.1) is 0 Å². The molecule has 1 fully saturated rings. The van der Waals surface area contributed by atoms with Gasteiger partial charge in [0.25, 0.3) is 0 Å². The molecule has 0 aliphatic carbocycles. The Hall–Kier alpha value is -0.550. The summed E-state index contributed by atoms with van der Waals surface area (Å²) in [5.41, 5.74) is -0.0991. The van der Waals surface area contributed by atoms with Crippen molar-refractivity contribution < 1.29 is 13.2 Å². The van der Waals surface area contributed by atoms with Crippen LogP contribution in [-0.2, 0) is 0 Å². The van der Waals surface area contributed by atoms with Crippen LogP contribution in [0.25, 0.3) is 0 Å². The molecule has 19 heavy (non-hydrogen) atoms. The third-order valence-corrected chi connectivity index (χ3v) is 4.53. The van der Waals surface area contributed by atoms with E-state index in [1.54, 1.807) is 0 Å². The SMILES string of the molecule is CCC1(CN2CC=C(C(F)(F)F)CC2)CCCNC1. The number of rotatable bonds is 3. The first-order chi connectivity index (χ1) is 8.95. The fourth-order valence-corrected chi connectivity index (χ4v) is 3.17. The van der Waals surface area contributed by atoms with E-state index in [2.05, 4.69) is 17.1 Å². The average molecular weight is 276 g/mol. The second-order valence-corrected chi connectivity index (χ2v) is 5.85. The van der Waals surface area contributed by atoms with Gasteiger partial charge in [-0.05, 0) is 37.6 Å². The topological polar surface area (TPSA) is 15.3 Å². The summed E-state index contributed by atoms with van der Waals surface area (Å²) in [5.74, 6) is 0. The summed E-state index contributed by atoms with van der Waals surface area (Å²) in [4.78, 5) is 2.17. The Morgan fingerprint density at radius 1 is 1.42 bits per heavy atom. The fraction of sp³-hybridized carbons (Fsp3) is 0.857. The molecule has 0 spiro atoms. The van der Waals surface area contributed by atoms with Crippen LogP contribution < -0.4 is 5.32 Å². The van der Waals surface area contributed by atoms with Gasteiger partial charge in [-0.2, -0.15) is 13.2 Å². The molecule has 0 aromatic carbocycles. The number of hydrogen-bond donors (Lipinski definition) is 1. The monoisotopic (exact) mass is 276 g/mol. The summed E-state index contributed by atoms with van der Waals surface area (Å²) in [6.45, 7) is 6.14. The number of nitrogens with one attached hydrogen (secondary N) is 1. The maximum absolute atomic E-state index is 12.6. The number of nitrogens with zero attached hydrogens (tertiary/aromatic N) is 1. The maximum atomic E-state index is 12.6. The lowest BCUT2D eigenvalue weighted by Gasteiger charge is -2.41. The minimum absolute atomic E-state index is 0.136. The molecule has 0 radical (unpaired) electrons. The molecule has 2 nitrogen and oxygen atoms in total. The molecule has 0 saturated carbocycles. The molecule has 110 valence electrons. The van der Waals surface area contributed by atoms with Crippen molar-refractivity contribution >= 4 is 0 Å². The van der Waals surface area contributed by atoms with Crippen LogP contribution in [0, 0.1) is 5.41 Å². The predicted octanol–water partition coefficient (Wildman–Crippen LogP) is 2.96. The van der Waals surface area contributed by atoms with E-state index < -0.39 is 6.18 Å². The van der Waals surface area contributed by atoms with Gasteiger partial charge < -0.3 is 5.32 Å². The van der Waals surface area contributed by atoms with Gasteiger partial charge in [0.1, 0.15) is 0 Å². The molecule has 1 unspecified atom stereocenters. The van der Waals surface area contributed by atoms with Crippen molar-refractivity contribution in [1.82, 2.24) is 10.2 Å². The molecule has 1 atom stereocenters. The Morgan fingerprint density at radius 2 is 2.21 bits per heavy atom. The van der Waals surface area contributed by atoms with E-state index >= 15 is 0 Å². The van der Waals surface area contributed by atoms with Crippen LogP contribution in [0.2, 0.25) is 0 Å². The number of alkyl halides is 3. The third-order valence-electron chi connectivity index (χ3n) is 4.53. The molecule has 0 amide bonds. The quantitative estimate of drug-likeness (QED) is 0.797. The van der Waals surface area contributed by atoms with Gasteiger partial charge >= 0.3 is 6.18 Å². The molecule has 1 saturated heterocycles. The van der Waals surface area contributed by atoms with Gasteiger partial charge in [-0.1, -0.05) is 13.0 Å². The van der Waals surface area contributed by atoms with Crippen LogP contribution in [0.5, 0.6) is 0 Å². The van der Waals surface area contributed by atoms with Crippen LogP contribution in [0.15, 0.2) is 11.6 Å². The van der Waals surface area contributed by atoms with Crippen LogP contribution in [-0.4, -0.2) is 43.8 Å². The molecule has 2 heterocycles. The number of hydrogen-bond acceptors (Lipinski definition) is 2. The van der Waals surface area contributed by atoms with Crippen molar-refractivity contribution in [2.75, 3.05) is 32.7 Å². The molecule has 0 aromatic rings. The zero-order chi connectivity index (χ0) is 13.9. The number of piperidine rings is 1. The molecule has 2 aliphatic rings. The van der Waals surface area contributed by atoms with Gasteiger partial charge in [0.2, 0.25) is 0 Å². The molecule has 1 N–H and O–H groups in total. The molecule has 5 heteroatoms. The Labute approximate surface area is 113 Å². The van der Waals surface area contributed by atoms with Gasteiger partial charge in [-0.15, -0.1) is 0 Å². The largest absolute Gasteiger partial charge is 0.412 e. The van der Waals surface area contributed by atoms with Crippen LogP contribution in [0.3, 0.4) is 0 Å². The van der Waals surface area contributed by atoms with E-state index in [1.807, 2.05) is 0 Å². The van der Waals surface area contributed by atoms with E-state index in [4.69, 9.17) is 0 Å². The van der Waals surface area contributed by atoms with Crippen LogP contribution >= 0.6 is 0 Å². The van der Waals surface area contributed by atoms with Gasteiger partial charge in [0.15, 0.2) is 0 Å². The zero-order valence-electron chi connectivity index (χ0n) is 11.5. The van der Waals surface area contributed by atoms with Gasteiger partial charge in [0, 0.05) is 31.8 Å². The highest BCUT2D eigenvalue weighted by molar-refractivity contribution is 5.13. The summed E-state index contributed by atoms with van der Waals surface area (Å²) in [7, 11) is 0. The maximum Gasteiger partial charge on any atom is 0.412 e. The Bertz CT molecular complexity index is 330. The first-order valence-corrected chi connectivity index (χ1v) is 7.14. The minimum Gasteiger partial charge on any atom is -0.316 e. The lowest BCUT2D eigenvalue weighted by Crippen LogP contribution is -2.48. The summed E-state index contributed by atoms with van der Waals surface area (Å²) >= 11 is 0. The molecule has 0 bridgehead atoms. The van der Waals surface area contributed by atoms with E-state index in [0.717, 1.165) is 26.1 Å². The fourth-order valence-electron chi connectivity index (χ4n) is 3.17. The highest BCUT2D eigenvalue weighted by atomic mass is 19.4. The highest BCUT2D eigenvalue weighted by Gasteiger charge is 2.37. The van der Waals surface area contributed by atoms with E-state index in [1.165, 1.54) is 18.9 Å². The smallest absolute Gasteiger partial charge is 0.316 e. The van der Waals surface area contributed by atoms with Crippen molar-refractivity contribution in [2.24, 2.45) is 5.41 Å². The van der Waals surface area contributed by atoms with Crippen molar-refractivity contribution in [3.05, 3.63) is 11.6 Å². The van der Waals surface area contributed by atoms with Gasteiger partial charge in [-0.25, -0.2) is 0 Å². The normalized spacial score (nSPS) is 30.2. The van der Waals surface area contributed by atoms with Crippen molar-refractivity contribution in [1.29, 1.82) is 0 Å². The summed E-state index contributed by atoms with van der Waals surface area (Å²) < 4.78 is 37.7. The first-order valence-electron chi connectivity index (χ1n) is 7.14. The Kier molecular flexibility index (Phi) is 4.56. The average Bonchev–Trinajstić information content (AvgIpc) is 2.39. The van der Waals surface area contributed by atoms with E-state index in [-0.39, 0.29) is 17.4 Å². The minimum atomic E-state index is -4.14. The third kappa shape index (κ3) is 3.72. The summed E-state index contributed by atoms with van der Waals surface area (Å²) in [6.07, 6.45) is 0.807. The molecular formula is C14H23F3N2. The van der Waals surface area contributed by atoms with Crippen molar-refractivity contribution in [3.63, 3.8) is 0 Å². The highest BCUT2D eigenvalue weighted by Crippen LogP contribution is 2.34. The molecule has 0 aromatic heterocycles. The Balaban J connectivity index is 1.93. The lowest BCUT2D eigenvalue weighted by atomic mass is 9.77. The first kappa shape index (κ1) is 14.9. The molecule has 2 rings (SSSR count). The standard InChI is InChI=1S/C14H23F3N2/c1-2-13(6-3-7-18-10-13)11-19-8-4-12(5-9-19)14(15,16)17/h4,18H,2-3,5-11H2,1H3. The van der Waals surface area contributed by atoms with E-state index in [0.29, 0.717) is 13.1 Å².